The number of aliphatic hydroxyl groups is 2. The van der Waals surface area contributed by atoms with Crippen LogP contribution >= 0.6 is 0 Å². The van der Waals surface area contributed by atoms with Gasteiger partial charge in [-0.1, -0.05) is 70.5 Å². The summed E-state index contributed by atoms with van der Waals surface area (Å²) < 4.78 is 4.94. The highest BCUT2D eigenvalue weighted by Crippen LogP contribution is 2.48. The van der Waals surface area contributed by atoms with E-state index in [0.29, 0.717) is 24.9 Å². The van der Waals surface area contributed by atoms with E-state index in [2.05, 4.69) is 20.8 Å². The number of ether oxygens (including phenoxy) is 1. The van der Waals surface area contributed by atoms with Crippen molar-refractivity contribution >= 4 is 23.3 Å². The van der Waals surface area contributed by atoms with Gasteiger partial charge in [0.25, 0.3) is 0 Å². The van der Waals surface area contributed by atoms with Gasteiger partial charge in [-0.05, 0) is 59.4 Å². The minimum Gasteiger partial charge on any atom is -0.463 e. The summed E-state index contributed by atoms with van der Waals surface area (Å²) in [6, 6.07) is 15.5. The van der Waals surface area contributed by atoms with E-state index < -0.39 is 6.10 Å². The highest BCUT2D eigenvalue weighted by atomic mass is 16.5. The number of benzene rings is 2. The van der Waals surface area contributed by atoms with Crippen molar-refractivity contribution < 1.29 is 29.3 Å². The first-order chi connectivity index (χ1) is 19.0. The number of hydrogen-bond acceptors (Lipinski definition) is 6. The number of carbonyl (C=O) groups is 3. The number of anilines is 1. The van der Waals surface area contributed by atoms with Gasteiger partial charge in [0.2, 0.25) is 5.91 Å². The number of nitrogens with zero attached hydrogens (tertiary/aromatic N) is 1. The van der Waals surface area contributed by atoms with Crippen LogP contribution in [-0.2, 0) is 25.5 Å². The summed E-state index contributed by atoms with van der Waals surface area (Å²) in [6.45, 7) is 9.91. The van der Waals surface area contributed by atoms with Crippen LogP contribution in [-0.4, -0.2) is 47.6 Å². The largest absolute Gasteiger partial charge is 0.463 e. The second kappa shape index (κ2) is 14.0. The molecule has 0 radical (unpaired) electrons. The Morgan fingerprint density at radius 3 is 2.42 bits per heavy atom. The van der Waals surface area contributed by atoms with Gasteiger partial charge in [0, 0.05) is 37.4 Å². The molecule has 0 aromatic heterocycles. The first-order valence-electron chi connectivity index (χ1n) is 14.4. The second-order valence-corrected chi connectivity index (χ2v) is 12.0. The van der Waals surface area contributed by atoms with Crippen molar-refractivity contribution in [2.45, 2.75) is 78.7 Å². The molecule has 7 heteroatoms. The third kappa shape index (κ3) is 8.01. The van der Waals surface area contributed by atoms with Gasteiger partial charge in [-0.15, -0.1) is 0 Å². The molecule has 1 amide bonds. The van der Waals surface area contributed by atoms with E-state index in [9.17, 15) is 19.5 Å². The van der Waals surface area contributed by atoms with Crippen molar-refractivity contribution in [3.05, 3.63) is 65.2 Å². The Balaban J connectivity index is 1.86. The average Bonchev–Trinajstić information content (AvgIpc) is 3.25. The van der Waals surface area contributed by atoms with Crippen LogP contribution < -0.4 is 4.90 Å². The molecule has 218 valence electrons. The minimum absolute atomic E-state index is 0.00467. The third-order valence-corrected chi connectivity index (χ3v) is 8.00. The van der Waals surface area contributed by atoms with Crippen molar-refractivity contribution in [2.75, 3.05) is 24.7 Å². The van der Waals surface area contributed by atoms with Crippen LogP contribution in [0.25, 0.3) is 0 Å². The average molecular weight is 552 g/mol. The van der Waals surface area contributed by atoms with Gasteiger partial charge in [0.15, 0.2) is 0 Å². The smallest absolute Gasteiger partial charge is 0.306 e. The summed E-state index contributed by atoms with van der Waals surface area (Å²) in [5.41, 5.74) is 3.29. The first-order valence-corrected chi connectivity index (χ1v) is 14.4. The number of ketones is 1. The van der Waals surface area contributed by atoms with Crippen molar-refractivity contribution in [2.24, 2.45) is 17.3 Å². The van der Waals surface area contributed by atoms with Crippen LogP contribution in [0.2, 0.25) is 0 Å². The first kappa shape index (κ1) is 31.5. The molecular formula is C33H45NO6. The fourth-order valence-corrected chi connectivity index (χ4v) is 5.72. The van der Waals surface area contributed by atoms with Gasteiger partial charge in [-0.3, -0.25) is 14.4 Å². The quantitative estimate of drug-likeness (QED) is 0.344. The monoisotopic (exact) mass is 551 g/mol. The van der Waals surface area contributed by atoms with Crippen LogP contribution in [0.15, 0.2) is 48.5 Å². The summed E-state index contributed by atoms with van der Waals surface area (Å²) in [7, 11) is 0. The molecule has 0 aliphatic heterocycles. The van der Waals surface area contributed by atoms with Crippen LogP contribution in [0.5, 0.6) is 0 Å². The molecule has 2 unspecified atom stereocenters. The van der Waals surface area contributed by atoms with Crippen molar-refractivity contribution in [1.82, 2.24) is 0 Å². The molecule has 2 N–H and O–H groups in total. The number of amides is 1. The van der Waals surface area contributed by atoms with Gasteiger partial charge in [-0.2, -0.15) is 0 Å². The van der Waals surface area contributed by atoms with E-state index in [1.165, 1.54) is 6.92 Å². The molecule has 2 aromatic carbocycles. The zero-order chi connectivity index (χ0) is 29.4. The Morgan fingerprint density at radius 1 is 1.12 bits per heavy atom. The van der Waals surface area contributed by atoms with E-state index in [0.717, 1.165) is 23.1 Å². The molecule has 2 aromatic rings. The predicted molar refractivity (Wildman–Crippen MR) is 156 cm³/mol. The van der Waals surface area contributed by atoms with Gasteiger partial charge in [-0.25, -0.2) is 0 Å². The van der Waals surface area contributed by atoms with Gasteiger partial charge >= 0.3 is 5.97 Å². The fraction of sp³-hybridized carbons (Fsp3) is 0.545. The lowest BCUT2D eigenvalue weighted by Gasteiger charge is -2.29. The number of carbonyl (C=O) groups excluding carboxylic acids is 3. The molecular weight excluding hydrogens is 506 g/mol. The fourth-order valence-electron chi connectivity index (χ4n) is 5.72. The van der Waals surface area contributed by atoms with Crippen LogP contribution in [0.1, 0.15) is 89.0 Å². The minimum atomic E-state index is -0.597. The number of rotatable bonds is 12. The van der Waals surface area contributed by atoms with E-state index in [4.69, 9.17) is 9.84 Å². The number of Topliss-reactive ketones (excluding diaryl/α,β-unsaturated/α-hetero) is 1. The molecule has 1 aliphatic rings. The normalized spacial score (nSPS) is 19.9. The lowest BCUT2D eigenvalue weighted by molar-refractivity contribution is -0.144. The Hall–Kier alpha value is -3.03. The molecule has 4 atom stereocenters. The van der Waals surface area contributed by atoms with Crippen LogP contribution in [0, 0.1) is 17.3 Å². The molecule has 0 bridgehead atoms. The maximum atomic E-state index is 13.9. The zero-order valence-corrected chi connectivity index (χ0v) is 24.6. The summed E-state index contributed by atoms with van der Waals surface area (Å²) in [5, 5.41) is 19.4. The summed E-state index contributed by atoms with van der Waals surface area (Å²) in [6.07, 6.45) is 2.36. The molecule has 1 fully saturated rings. The Kier molecular flexibility index (Phi) is 11.1. The lowest BCUT2D eigenvalue weighted by atomic mass is 9.78. The van der Waals surface area contributed by atoms with Crippen molar-refractivity contribution in [3.8, 4) is 0 Å². The second-order valence-electron chi connectivity index (χ2n) is 12.0. The number of esters is 1. The molecule has 0 heterocycles. The standard InChI is InChI=1S/C33H45NO6/c1-6-8-30(37)25-9-7-10-26(19-25)34(22(2)36)21-28-27(20-29(32(28)39)33(3,4)5)24-14-11-23(12-15-24)13-16-31(38)40-18-17-35/h7,9-12,14-15,19,27-30,35,37H,6,8,13,16-18,20-21H2,1-5H3/t27-,28-,29?,30?/m1/s1. The summed E-state index contributed by atoms with van der Waals surface area (Å²) in [5.74, 6) is -0.844. The number of aryl methyl sites for hydroxylation is 1. The maximum absolute atomic E-state index is 13.9. The van der Waals surface area contributed by atoms with Crippen molar-refractivity contribution in [3.63, 3.8) is 0 Å². The van der Waals surface area contributed by atoms with Gasteiger partial charge in [0.05, 0.1) is 12.7 Å². The van der Waals surface area contributed by atoms with Gasteiger partial charge in [0.1, 0.15) is 12.4 Å². The Labute approximate surface area is 238 Å². The molecule has 40 heavy (non-hydrogen) atoms. The maximum Gasteiger partial charge on any atom is 0.306 e. The molecule has 7 nitrogen and oxygen atoms in total. The van der Waals surface area contributed by atoms with E-state index >= 15 is 0 Å². The van der Waals surface area contributed by atoms with E-state index in [-0.39, 0.29) is 67.0 Å². The van der Waals surface area contributed by atoms with E-state index in [1.54, 1.807) is 4.90 Å². The molecule has 1 saturated carbocycles. The number of aliphatic hydroxyl groups excluding tert-OH is 2. The Bertz CT molecular complexity index is 1150. The predicted octanol–water partition coefficient (Wildman–Crippen LogP) is 5.38. The van der Waals surface area contributed by atoms with Crippen LogP contribution in [0.4, 0.5) is 5.69 Å². The van der Waals surface area contributed by atoms with Crippen LogP contribution in [0.3, 0.4) is 0 Å². The lowest BCUT2D eigenvalue weighted by Crippen LogP contribution is -2.38. The van der Waals surface area contributed by atoms with Crippen molar-refractivity contribution in [1.29, 1.82) is 0 Å². The van der Waals surface area contributed by atoms with Gasteiger partial charge < -0.3 is 19.8 Å². The highest BCUT2D eigenvalue weighted by Gasteiger charge is 2.48. The molecule has 1 aliphatic carbocycles. The molecule has 0 spiro atoms. The number of hydrogen-bond donors (Lipinski definition) is 2. The molecule has 0 saturated heterocycles. The summed E-state index contributed by atoms with van der Waals surface area (Å²) >= 11 is 0. The third-order valence-electron chi connectivity index (χ3n) is 8.00. The molecule has 3 rings (SSSR count). The topological polar surface area (TPSA) is 104 Å². The summed E-state index contributed by atoms with van der Waals surface area (Å²) in [4.78, 5) is 40.3. The zero-order valence-electron chi connectivity index (χ0n) is 24.6. The SMILES string of the molecule is CCCC(O)c1cccc(N(C[C@H]2C(=O)C(C(C)(C)C)C[C@@H]2c2ccc(CCC(=O)OCCO)cc2)C(C)=O)c1. The van der Waals surface area contributed by atoms with E-state index in [1.807, 2.05) is 55.5 Å². The Morgan fingerprint density at radius 2 is 1.82 bits per heavy atom. The highest BCUT2D eigenvalue weighted by molar-refractivity contribution is 5.94.